The van der Waals surface area contributed by atoms with Crippen LogP contribution in [-0.2, 0) is 7.05 Å². The monoisotopic (exact) mass is 187 g/mol. The number of hydrogen-bond donors (Lipinski definition) is 0. The lowest BCUT2D eigenvalue weighted by molar-refractivity contribution is 0.507. The Balaban J connectivity index is 2.77. The summed E-state index contributed by atoms with van der Waals surface area (Å²) in [7, 11) is 1.86. The fraction of sp³-hybridized carbons (Fsp3) is 0.750. The molecule has 0 bridgehead atoms. The number of hydrogen-bond acceptors (Lipinski definition) is 2. The first-order chi connectivity index (χ1) is 5.66. The largest absolute Gasteiger partial charge is 0.252 e. The molecule has 1 heterocycles. The average Bonchev–Trinajstić information content (AvgIpc) is 2.48. The van der Waals surface area contributed by atoms with Crippen LogP contribution in [0.25, 0.3) is 0 Å². The first-order valence-corrected chi connectivity index (χ1v) is 4.58. The van der Waals surface area contributed by atoms with E-state index in [9.17, 15) is 0 Å². The van der Waals surface area contributed by atoms with Crippen molar-refractivity contribution in [3.63, 3.8) is 0 Å². The number of aryl methyl sites for hydroxylation is 1. The Morgan fingerprint density at radius 1 is 1.67 bits per heavy atom. The van der Waals surface area contributed by atoms with Crippen molar-refractivity contribution in [1.82, 2.24) is 14.8 Å². The molecule has 0 aliphatic carbocycles. The summed E-state index contributed by atoms with van der Waals surface area (Å²) in [6.07, 6.45) is 2.59. The third kappa shape index (κ3) is 1.78. The topological polar surface area (TPSA) is 30.7 Å². The summed E-state index contributed by atoms with van der Waals surface area (Å²) in [5, 5.41) is 3.95. The zero-order valence-corrected chi connectivity index (χ0v) is 8.41. The van der Waals surface area contributed by atoms with Crippen LogP contribution in [0.2, 0.25) is 0 Å². The normalized spacial score (nSPS) is 16.0. The minimum Gasteiger partial charge on any atom is -0.252 e. The van der Waals surface area contributed by atoms with Crippen LogP contribution in [-0.4, -0.2) is 14.8 Å². The molecule has 0 aromatic carbocycles. The van der Waals surface area contributed by atoms with Crippen molar-refractivity contribution in [1.29, 1.82) is 0 Å². The molecule has 4 heteroatoms. The second-order valence-corrected chi connectivity index (χ2v) is 3.50. The summed E-state index contributed by atoms with van der Waals surface area (Å²) < 4.78 is 1.73. The Kier molecular flexibility index (Phi) is 3.09. The number of nitrogens with zero attached hydrogens (tertiary/aromatic N) is 3. The van der Waals surface area contributed by atoms with E-state index in [4.69, 9.17) is 11.6 Å². The molecule has 0 spiro atoms. The van der Waals surface area contributed by atoms with Crippen molar-refractivity contribution >= 4 is 11.6 Å². The van der Waals surface area contributed by atoms with Crippen LogP contribution in [0.4, 0.5) is 0 Å². The first-order valence-electron chi connectivity index (χ1n) is 4.14. The van der Waals surface area contributed by atoms with Gasteiger partial charge in [-0.25, -0.2) is 4.98 Å². The summed E-state index contributed by atoms with van der Waals surface area (Å²) >= 11 is 6.18. The summed E-state index contributed by atoms with van der Waals surface area (Å²) in [4.78, 5) is 4.10. The molecule has 0 N–H and O–H groups in total. The van der Waals surface area contributed by atoms with Gasteiger partial charge in [0.1, 0.15) is 12.2 Å². The van der Waals surface area contributed by atoms with Gasteiger partial charge in [-0.2, -0.15) is 5.10 Å². The zero-order chi connectivity index (χ0) is 9.14. The molecular weight excluding hydrogens is 174 g/mol. The highest BCUT2D eigenvalue weighted by Crippen LogP contribution is 2.28. The van der Waals surface area contributed by atoms with Gasteiger partial charge in [0.2, 0.25) is 0 Å². The van der Waals surface area contributed by atoms with Crippen LogP contribution < -0.4 is 0 Å². The Labute approximate surface area is 77.8 Å². The number of alkyl halides is 1. The quantitative estimate of drug-likeness (QED) is 0.679. The van der Waals surface area contributed by atoms with Crippen LogP contribution in [0, 0.1) is 5.92 Å². The molecule has 2 atom stereocenters. The highest BCUT2D eigenvalue weighted by Gasteiger charge is 2.18. The van der Waals surface area contributed by atoms with Crippen molar-refractivity contribution < 1.29 is 0 Å². The molecule has 0 aliphatic rings. The molecule has 0 aliphatic heterocycles. The zero-order valence-electron chi connectivity index (χ0n) is 7.66. The maximum Gasteiger partial charge on any atom is 0.144 e. The average molecular weight is 188 g/mol. The summed E-state index contributed by atoms with van der Waals surface area (Å²) in [5.74, 6) is 1.29. The maximum absolute atomic E-state index is 6.18. The molecule has 0 fully saturated rings. The van der Waals surface area contributed by atoms with Crippen molar-refractivity contribution in [2.75, 3.05) is 0 Å². The Bertz CT molecular complexity index is 246. The van der Waals surface area contributed by atoms with Gasteiger partial charge in [0, 0.05) is 7.05 Å². The van der Waals surface area contributed by atoms with E-state index in [0.717, 1.165) is 12.2 Å². The number of aromatic nitrogens is 3. The summed E-state index contributed by atoms with van der Waals surface area (Å²) in [6, 6.07) is 0. The standard InChI is InChI=1S/C8H14ClN3/c1-4-6(2)7(9)8-10-5-11-12(8)3/h5-7H,4H2,1-3H3. The van der Waals surface area contributed by atoms with E-state index in [1.54, 1.807) is 4.68 Å². The fourth-order valence-electron chi connectivity index (χ4n) is 1.02. The molecule has 68 valence electrons. The van der Waals surface area contributed by atoms with E-state index >= 15 is 0 Å². The second-order valence-electron chi connectivity index (χ2n) is 3.03. The van der Waals surface area contributed by atoms with Gasteiger partial charge in [-0.05, 0) is 5.92 Å². The highest BCUT2D eigenvalue weighted by molar-refractivity contribution is 6.20. The van der Waals surface area contributed by atoms with Gasteiger partial charge < -0.3 is 0 Å². The van der Waals surface area contributed by atoms with Gasteiger partial charge in [0.25, 0.3) is 0 Å². The van der Waals surface area contributed by atoms with E-state index in [1.807, 2.05) is 7.05 Å². The molecule has 1 aromatic rings. The van der Waals surface area contributed by atoms with E-state index in [1.165, 1.54) is 6.33 Å². The maximum atomic E-state index is 6.18. The minimum absolute atomic E-state index is 0.0255. The number of halogens is 1. The third-order valence-corrected chi connectivity index (χ3v) is 2.76. The van der Waals surface area contributed by atoms with E-state index in [-0.39, 0.29) is 5.38 Å². The molecule has 1 rings (SSSR count). The smallest absolute Gasteiger partial charge is 0.144 e. The molecule has 0 saturated carbocycles. The van der Waals surface area contributed by atoms with Gasteiger partial charge >= 0.3 is 0 Å². The van der Waals surface area contributed by atoms with Crippen LogP contribution in [0.3, 0.4) is 0 Å². The van der Waals surface area contributed by atoms with Crippen molar-refractivity contribution in [2.24, 2.45) is 13.0 Å². The predicted octanol–water partition coefficient (Wildman–Crippen LogP) is 2.14. The number of rotatable bonds is 3. The lowest BCUT2D eigenvalue weighted by Gasteiger charge is -2.14. The first kappa shape index (κ1) is 9.52. The SMILES string of the molecule is CCC(C)C(Cl)c1ncnn1C. The van der Waals surface area contributed by atoms with Gasteiger partial charge in [-0.1, -0.05) is 20.3 Å². The molecule has 2 unspecified atom stereocenters. The van der Waals surface area contributed by atoms with Crippen molar-refractivity contribution in [3.8, 4) is 0 Å². The van der Waals surface area contributed by atoms with Gasteiger partial charge in [-0.15, -0.1) is 11.6 Å². The van der Waals surface area contributed by atoms with Gasteiger partial charge in [-0.3, -0.25) is 4.68 Å². The molecule has 3 nitrogen and oxygen atoms in total. The molecule has 0 radical (unpaired) electrons. The van der Waals surface area contributed by atoms with Crippen LogP contribution in [0.1, 0.15) is 31.5 Å². The Morgan fingerprint density at radius 3 is 2.75 bits per heavy atom. The van der Waals surface area contributed by atoms with Crippen LogP contribution in [0.5, 0.6) is 0 Å². The molecular formula is C8H14ClN3. The second kappa shape index (κ2) is 3.90. The van der Waals surface area contributed by atoms with E-state index in [2.05, 4.69) is 23.9 Å². The minimum atomic E-state index is -0.0255. The third-order valence-electron chi connectivity index (χ3n) is 2.14. The van der Waals surface area contributed by atoms with Gasteiger partial charge in [0.05, 0.1) is 5.38 Å². The summed E-state index contributed by atoms with van der Waals surface area (Å²) in [5.41, 5.74) is 0. The Morgan fingerprint density at radius 2 is 2.33 bits per heavy atom. The van der Waals surface area contributed by atoms with E-state index in [0.29, 0.717) is 5.92 Å². The highest BCUT2D eigenvalue weighted by atomic mass is 35.5. The molecule has 0 amide bonds. The van der Waals surface area contributed by atoms with E-state index < -0.39 is 0 Å². The molecule has 0 saturated heterocycles. The summed E-state index contributed by atoms with van der Waals surface area (Å²) in [6.45, 7) is 4.24. The van der Waals surface area contributed by atoms with Crippen molar-refractivity contribution in [3.05, 3.63) is 12.2 Å². The van der Waals surface area contributed by atoms with Gasteiger partial charge in [0.15, 0.2) is 0 Å². The van der Waals surface area contributed by atoms with Crippen LogP contribution in [0.15, 0.2) is 6.33 Å². The molecule has 1 aromatic heterocycles. The fourth-order valence-corrected chi connectivity index (χ4v) is 1.39. The lowest BCUT2D eigenvalue weighted by Crippen LogP contribution is -2.09. The van der Waals surface area contributed by atoms with Crippen LogP contribution >= 0.6 is 11.6 Å². The Hall–Kier alpha value is -0.570. The lowest BCUT2D eigenvalue weighted by atomic mass is 10.0. The van der Waals surface area contributed by atoms with Crippen molar-refractivity contribution in [2.45, 2.75) is 25.6 Å². The molecule has 12 heavy (non-hydrogen) atoms. The predicted molar refractivity (Wildman–Crippen MR) is 49.1 cm³/mol.